The highest BCUT2D eigenvalue weighted by molar-refractivity contribution is 9.10. The number of aryl methyl sites for hydroxylation is 1. The molecule has 4 nitrogen and oxygen atoms in total. The average Bonchev–Trinajstić information content (AvgIpc) is 2.34. The fourth-order valence-electron chi connectivity index (χ4n) is 1.47. The highest BCUT2D eigenvalue weighted by Gasteiger charge is 2.06. The number of carbonyl (C=O) groups is 2. The molecule has 20 heavy (non-hydrogen) atoms. The van der Waals surface area contributed by atoms with Gasteiger partial charge >= 0.3 is 5.97 Å². The first-order valence-electron chi connectivity index (χ1n) is 6.29. The molecule has 0 aliphatic heterocycles. The molecule has 1 amide bonds. The lowest BCUT2D eigenvalue weighted by atomic mass is 10.1. The van der Waals surface area contributed by atoms with E-state index in [4.69, 9.17) is 4.74 Å². The van der Waals surface area contributed by atoms with Crippen LogP contribution in [-0.2, 0) is 14.3 Å². The minimum atomic E-state index is -0.545. The smallest absolute Gasteiger partial charge is 0.331 e. The van der Waals surface area contributed by atoms with Crippen molar-refractivity contribution in [2.24, 2.45) is 0 Å². The highest BCUT2D eigenvalue weighted by Crippen LogP contribution is 2.19. The van der Waals surface area contributed by atoms with Gasteiger partial charge in [-0.25, -0.2) is 4.79 Å². The summed E-state index contributed by atoms with van der Waals surface area (Å²) in [7, 11) is 0. The van der Waals surface area contributed by atoms with Gasteiger partial charge in [-0.1, -0.05) is 28.1 Å². The van der Waals surface area contributed by atoms with Crippen molar-refractivity contribution in [3.63, 3.8) is 0 Å². The lowest BCUT2D eigenvalue weighted by Crippen LogP contribution is -2.33. The van der Waals surface area contributed by atoms with E-state index in [1.807, 2.05) is 39.0 Å². The van der Waals surface area contributed by atoms with Crippen LogP contribution in [0.3, 0.4) is 0 Å². The van der Waals surface area contributed by atoms with Crippen molar-refractivity contribution >= 4 is 33.9 Å². The van der Waals surface area contributed by atoms with Crippen molar-refractivity contribution in [2.45, 2.75) is 26.8 Å². The Balaban J connectivity index is 2.49. The van der Waals surface area contributed by atoms with Crippen molar-refractivity contribution in [2.75, 3.05) is 6.61 Å². The standard InChI is InChI=1S/C15H18BrNO3/c1-10(2)17-14(18)9-20-15(19)7-6-12-5-4-11(3)8-13(12)16/h4-8,10H,9H2,1-3H3,(H,17,18)/b7-6+. The van der Waals surface area contributed by atoms with Gasteiger partial charge in [-0.3, -0.25) is 4.79 Å². The summed E-state index contributed by atoms with van der Waals surface area (Å²) in [6, 6.07) is 5.84. The molecular formula is C15H18BrNO3. The number of nitrogens with one attached hydrogen (secondary N) is 1. The van der Waals surface area contributed by atoms with Crippen LogP contribution in [-0.4, -0.2) is 24.5 Å². The van der Waals surface area contributed by atoms with Crippen LogP contribution < -0.4 is 5.32 Å². The Hall–Kier alpha value is -1.62. The second kappa shape index (κ2) is 7.85. The molecule has 0 saturated carbocycles. The number of halogens is 1. The first-order chi connectivity index (χ1) is 9.38. The Morgan fingerprint density at radius 1 is 1.40 bits per heavy atom. The van der Waals surface area contributed by atoms with E-state index in [2.05, 4.69) is 21.2 Å². The molecule has 0 heterocycles. The third kappa shape index (κ3) is 6.02. The Morgan fingerprint density at radius 3 is 2.70 bits per heavy atom. The molecule has 0 unspecified atom stereocenters. The minimum Gasteiger partial charge on any atom is -0.452 e. The van der Waals surface area contributed by atoms with E-state index in [0.717, 1.165) is 15.6 Å². The van der Waals surface area contributed by atoms with Crippen molar-refractivity contribution in [3.8, 4) is 0 Å². The van der Waals surface area contributed by atoms with Gasteiger partial charge in [-0.15, -0.1) is 0 Å². The summed E-state index contributed by atoms with van der Waals surface area (Å²) >= 11 is 3.42. The molecule has 0 atom stereocenters. The topological polar surface area (TPSA) is 55.4 Å². The van der Waals surface area contributed by atoms with Crippen LogP contribution >= 0.6 is 15.9 Å². The second-order valence-corrected chi connectivity index (χ2v) is 5.54. The minimum absolute atomic E-state index is 0.0280. The number of hydrogen-bond acceptors (Lipinski definition) is 3. The summed E-state index contributed by atoms with van der Waals surface area (Å²) in [6.45, 7) is 5.40. The third-order valence-electron chi connectivity index (χ3n) is 2.35. The van der Waals surface area contributed by atoms with Gasteiger partial charge in [0.25, 0.3) is 5.91 Å². The molecule has 1 aromatic rings. The lowest BCUT2D eigenvalue weighted by molar-refractivity contribution is -0.143. The number of hydrogen-bond donors (Lipinski definition) is 1. The summed E-state index contributed by atoms with van der Waals surface area (Å²) < 4.78 is 5.74. The largest absolute Gasteiger partial charge is 0.452 e. The second-order valence-electron chi connectivity index (χ2n) is 4.69. The van der Waals surface area contributed by atoms with Crippen LogP contribution in [0.4, 0.5) is 0 Å². The Morgan fingerprint density at radius 2 is 2.10 bits per heavy atom. The maximum absolute atomic E-state index is 11.5. The van der Waals surface area contributed by atoms with Crippen LogP contribution in [0.5, 0.6) is 0 Å². The maximum Gasteiger partial charge on any atom is 0.331 e. The van der Waals surface area contributed by atoms with Gasteiger partial charge < -0.3 is 10.1 Å². The van der Waals surface area contributed by atoms with E-state index in [1.54, 1.807) is 6.08 Å². The molecule has 5 heteroatoms. The van der Waals surface area contributed by atoms with E-state index >= 15 is 0 Å². The predicted octanol–water partition coefficient (Wildman–Crippen LogP) is 2.84. The molecule has 0 radical (unpaired) electrons. The van der Waals surface area contributed by atoms with Gasteiger partial charge in [0.05, 0.1) is 0 Å². The van der Waals surface area contributed by atoms with Gasteiger partial charge in [0.1, 0.15) is 0 Å². The Bertz CT molecular complexity index is 524. The normalized spacial score (nSPS) is 10.8. The summed E-state index contributed by atoms with van der Waals surface area (Å²) in [6.07, 6.45) is 2.95. The SMILES string of the molecule is Cc1ccc(/C=C/C(=O)OCC(=O)NC(C)C)c(Br)c1. The number of ether oxygens (including phenoxy) is 1. The average molecular weight is 340 g/mol. The van der Waals surface area contributed by atoms with Crippen LogP contribution in [0.2, 0.25) is 0 Å². The van der Waals surface area contributed by atoms with E-state index in [9.17, 15) is 9.59 Å². The molecule has 0 bridgehead atoms. The monoisotopic (exact) mass is 339 g/mol. The van der Waals surface area contributed by atoms with Gasteiger partial charge in [-0.2, -0.15) is 0 Å². The van der Waals surface area contributed by atoms with Crippen LogP contribution in [0, 0.1) is 6.92 Å². The zero-order valence-corrected chi connectivity index (χ0v) is 13.4. The quantitative estimate of drug-likeness (QED) is 0.662. The molecule has 1 aromatic carbocycles. The molecule has 1 rings (SSSR count). The zero-order valence-electron chi connectivity index (χ0n) is 11.8. The number of carbonyl (C=O) groups excluding carboxylic acids is 2. The first-order valence-corrected chi connectivity index (χ1v) is 7.08. The molecule has 0 saturated heterocycles. The van der Waals surface area contributed by atoms with E-state index < -0.39 is 5.97 Å². The molecule has 0 fully saturated rings. The van der Waals surface area contributed by atoms with Crippen molar-refractivity contribution in [1.82, 2.24) is 5.32 Å². The number of benzene rings is 1. The summed E-state index contributed by atoms with van der Waals surface area (Å²) in [5.41, 5.74) is 2.00. The lowest BCUT2D eigenvalue weighted by Gasteiger charge is -2.07. The van der Waals surface area contributed by atoms with Crippen LogP contribution in [0.15, 0.2) is 28.7 Å². The number of rotatable bonds is 5. The fraction of sp³-hybridized carbons (Fsp3) is 0.333. The molecule has 0 spiro atoms. The molecule has 1 N–H and O–H groups in total. The molecule has 108 valence electrons. The molecular weight excluding hydrogens is 322 g/mol. The summed E-state index contributed by atoms with van der Waals surface area (Å²) in [5, 5.41) is 2.64. The Labute approximate surface area is 127 Å². The Kier molecular flexibility index (Phi) is 6.45. The van der Waals surface area contributed by atoms with Crippen molar-refractivity contribution < 1.29 is 14.3 Å². The summed E-state index contributed by atoms with van der Waals surface area (Å²) in [5.74, 6) is -0.852. The van der Waals surface area contributed by atoms with Crippen LogP contribution in [0.25, 0.3) is 6.08 Å². The molecule has 0 aromatic heterocycles. The number of esters is 1. The molecule has 0 aliphatic carbocycles. The predicted molar refractivity (Wildman–Crippen MR) is 82.2 cm³/mol. The van der Waals surface area contributed by atoms with E-state index in [1.165, 1.54) is 6.08 Å². The van der Waals surface area contributed by atoms with Gasteiger partial charge in [0.15, 0.2) is 6.61 Å². The third-order valence-corrected chi connectivity index (χ3v) is 3.04. The van der Waals surface area contributed by atoms with E-state index in [-0.39, 0.29) is 18.6 Å². The molecule has 0 aliphatic rings. The number of amides is 1. The van der Waals surface area contributed by atoms with Crippen LogP contribution in [0.1, 0.15) is 25.0 Å². The van der Waals surface area contributed by atoms with Crippen molar-refractivity contribution in [1.29, 1.82) is 0 Å². The first kappa shape index (κ1) is 16.4. The van der Waals surface area contributed by atoms with Gasteiger partial charge in [0, 0.05) is 16.6 Å². The van der Waals surface area contributed by atoms with Gasteiger partial charge in [0.2, 0.25) is 0 Å². The fourth-order valence-corrected chi connectivity index (χ4v) is 2.10. The maximum atomic E-state index is 11.5. The van der Waals surface area contributed by atoms with E-state index in [0.29, 0.717) is 0 Å². The summed E-state index contributed by atoms with van der Waals surface area (Å²) in [4.78, 5) is 22.8. The zero-order chi connectivity index (χ0) is 15.1. The van der Waals surface area contributed by atoms with Crippen molar-refractivity contribution in [3.05, 3.63) is 39.9 Å². The van der Waals surface area contributed by atoms with Gasteiger partial charge in [-0.05, 0) is 44.0 Å². The highest BCUT2D eigenvalue weighted by atomic mass is 79.9.